The molecule has 6 atom stereocenters. The van der Waals surface area contributed by atoms with Crippen LogP contribution in [0.3, 0.4) is 0 Å². The SMILES string of the molecule is CCOC(C)CC(OC(CC(C)OCC)C(=O)OC(CC)OC)C(=O)OC(CC)OC. The summed E-state index contributed by atoms with van der Waals surface area (Å²) >= 11 is 0. The molecule has 0 saturated carbocycles. The molecule has 184 valence electrons. The second-order valence-electron chi connectivity index (χ2n) is 7.14. The lowest BCUT2D eigenvalue weighted by Crippen LogP contribution is -2.41. The van der Waals surface area contributed by atoms with Crippen LogP contribution in [0.25, 0.3) is 0 Å². The van der Waals surface area contributed by atoms with Gasteiger partial charge in [-0.15, -0.1) is 0 Å². The van der Waals surface area contributed by atoms with Crippen LogP contribution in [0.2, 0.25) is 0 Å². The Hall–Kier alpha value is -1.26. The van der Waals surface area contributed by atoms with Gasteiger partial charge in [0.05, 0.1) is 12.2 Å². The van der Waals surface area contributed by atoms with Gasteiger partial charge in [-0.05, 0) is 27.7 Å². The van der Waals surface area contributed by atoms with Crippen LogP contribution >= 0.6 is 0 Å². The van der Waals surface area contributed by atoms with Crippen molar-refractivity contribution in [2.75, 3.05) is 27.4 Å². The van der Waals surface area contributed by atoms with Gasteiger partial charge in [0, 0.05) is 53.1 Å². The summed E-state index contributed by atoms with van der Waals surface area (Å²) in [5.41, 5.74) is 0. The molecule has 0 spiro atoms. The molecule has 0 aliphatic heterocycles. The average Bonchev–Trinajstić information content (AvgIpc) is 2.74. The van der Waals surface area contributed by atoms with Gasteiger partial charge in [-0.25, -0.2) is 9.59 Å². The van der Waals surface area contributed by atoms with Crippen LogP contribution < -0.4 is 0 Å². The minimum Gasteiger partial charge on any atom is -0.434 e. The van der Waals surface area contributed by atoms with Gasteiger partial charge in [-0.3, -0.25) is 0 Å². The number of hydrogen-bond donors (Lipinski definition) is 0. The number of ether oxygens (including phenoxy) is 7. The number of esters is 2. The van der Waals surface area contributed by atoms with Crippen LogP contribution in [0.1, 0.15) is 67.2 Å². The predicted octanol–water partition coefficient (Wildman–Crippen LogP) is 3.22. The minimum atomic E-state index is -1.04. The molecule has 9 nitrogen and oxygen atoms in total. The summed E-state index contributed by atoms with van der Waals surface area (Å²) in [6.07, 6.45) is -2.67. The van der Waals surface area contributed by atoms with Gasteiger partial charge in [0.15, 0.2) is 12.2 Å². The van der Waals surface area contributed by atoms with Crippen molar-refractivity contribution < 1.29 is 42.7 Å². The summed E-state index contributed by atoms with van der Waals surface area (Å²) in [4.78, 5) is 25.6. The molecule has 0 rings (SSSR count). The van der Waals surface area contributed by atoms with Crippen molar-refractivity contribution in [3.63, 3.8) is 0 Å². The molecule has 0 aliphatic carbocycles. The zero-order chi connectivity index (χ0) is 23.8. The van der Waals surface area contributed by atoms with Crippen LogP contribution in [0.15, 0.2) is 0 Å². The predicted molar refractivity (Wildman–Crippen MR) is 114 cm³/mol. The largest absolute Gasteiger partial charge is 0.434 e. The normalized spacial score (nSPS) is 17.3. The Bertz CT molecular complexity index is 436. The summed E-state index contributed by atoms with van der Waals surface area (Å²) in [6, 6.07) is 0. The third-order valence-electron chi connectivity index (χ3n) is 4.54. The smallest absolute Gasteiger partial charge is 0.337 e. The maximum absolute atomic E-state index is 12.8. The number of methoxy groups -OCH3 is 2. The zero-order valence-corrected chi connectivity index (χ0v) is 20.4. The topological polar surface area (TPSA) is 98.8 Å². The van der Waals surface area contributed by atoms with Crippen LogP contribution in [-0.2, 0) is 42.7 Å². The van der Waals surface area contributed by atoms with E-state index in [4.69, 9.17) is 33.2 Å². The molecule has 6 unspecified atom stereocenters. The van der Waals surface area contributed by atoms with Gasteiger partial charge in [-0.1, -0.05) is 13.8 Å². The number of hydrogen-bond acceptors (Lipinski definition) is 9. The molecule has 0 fully saturated rings. The second kappa shape index (κ2) is 17.3. The first-order chi connectivity index (χ1) is 14.8. The van der Waals surface area contributed by atoms with E-state index in [9.17, 15) is 9.59 Å². The Morgan fingerprint density at radius 3 is 1.29 bits per heavy atom. The molecule has 9 heteroatoms. The van der Waals surface area contributed by atoms with Crippen molar-refractivity contribution >= 4 is 11.9 Å². The highest BCUT2D eigenvalue weighted by Crippen LogP contribution is 2.18. The van der Waals surface area contributed by atoms with Gasteiger partial charge in [0.25, 0.3) is 0 Å². The van der Waals surface area contributed by atoms with Crippen molar-refractivity contribution in [2.24, 2.45) is 0 Å². The quantitative estimate of drug-likeness (QED) is 0.230. The van der Waals surface area contributed by atoms with Crippen molar-refractivity contribution in [1.82, 2.24) is 0 Å². The van der Waals surface area contributed by atoms with E-state index in [1.807, 2.05) is 41.5 Å². The molecule has 0 N–H and O–H groups in total. The second-order valence-corrected chi connectivity index (χ2v) is 7.14. The molecule has 0 radical (unpaired) electrons. The Morgan fingerprint density at radius 1 is 0.677 bits per heavy atom. The first-order valence-electron chi connectivity index (χ1n) is 11.1. The average molecular weight is 451 g/mol. The standard InChI is InChI=1S/C22H42O9/c1-9-19(25-7)30-21(23)17(13-15(5)27-11-3)29-18(14-16(6)28-12-4)22(24)31-20(10-2)26-8/h15-20H,9-14H2,1-8H3. The molecular weight excluding hydrogens is 408 g/mol. The minimum absolute atomic E-state index is 0.209. The van der Waals surface area contributed by atoms with Crippen LogP contribution in [0.5, 0.6) is 0 Å². The van der Waals surface area contributed by atoms with E-state index in [1.165, 1.54) is 14.2 Å². The maximum Gasteiger partial charge on any atom is 0.337 e. The third-order valence-corrected chi connectivity index (χ3v) is 4.54. The summed E-state index contributed by atoms with van der Waals surface area (Å²) in [6.45, 7) is 12.0. The number of rotatable bonds is 18. The Morgan fingerprint density at radius 2 is 1.03 bits per heavy atom. The fourth-order valence-corrected chi connectivity index (χ4v) is 2.93. The van der Waals surface area contributed by atoms with Crippen LogP contribution in [0, 0.1) is 0 Å². The van der Waals surface area contributed by atoms with E-state index in [0.29, 0.717) is 26.1 Å². The molecule has 0 saturated heterocycles. The molecular formula is C22H42O9. The highest BCUT2D eigenvalue weighted by atomic mass is 16.7. The van der Waals surface area contributed by atoms with E-state index >= 15 is 0 Å². The zero-order valence-electron chi connectivity index (χ0n) is 20.4. The summed E-state index contributed by atoms with van der Waals surface area (Å²) in [5, 5.41) is 0. The lowest BCUT2D eigenvalue weighted by molar-refractivity contribution is -0.204. The first-order valence-corrected chi connectivity index (χ1v) is 11.1. The van der Waals surface area contributed by atoms with E-state index in [-0.39, 0.29) is 25.0 Å². The molecule has 0 aromatic heterocycles. The van der Waals surface area contributed by atoms with Crippen molar-refractivity contribution in [3.05, 3.63) is 0 Å². The van der Waals surface area contributed by atoms with Crippen LogP contribution in [0.4, 0.5) is 0 Å². The molecule has 0 bridgehead atoms. The Labute approximate surface area is 187 Å². The van der Waals surface area contributed by atoms with Gasteiger partial charge in [0.1, 0.15) is 0 Å². The number of carbonyl (C=O) groups excluding carboxylic acids is 2. The molecule has 0 amide bonds. The fraction of sp³-hybridized carbons (Fsp3) is 0.909. The van der Waals surface area contributed by atoms with Gasteiger partial charge < -0.3 is 33.2 Å². The molecule has 0 aromatic rings. The lowest BCUT2D eigenvalue weighted by Gasteiger charge is -2.28. The monoisotopic (exact) mass is 450 g/mol. The van der Waals surface area contributed by atoms with Gasteiger partial charge >= 0.3 is 11.9 Å². The van der Waals surface area contributed by atoms with E-state index < -0.39 is 36.7 Å². The molecule has 0 aliphatic rings. The Kier molecular flexibility index (Phi) is 16.6. The van der Waals surface area contributed by atoms with Gasteiger partial charge in [0.2, 0.25) is 12.6 Å². The van der Waals surface area contributed by atoms with Crippen molar-refractivity contribution in [1.29, 1.82) is 0 Å². The third kappa shape index (κ3) is 12.4. The van der Waals surface area contributed by atoms with E-state index in [2.05, 4.69) is 0 Å². The lowest BCUT2D eigenvalue weighted by atomic mass is 10.1. The highest BCUT2D eigenvalue weighted by molar-refractivity contribution is 5.78. The van der Waals surface area contributed by atoms with E-state index in [0.717, 1.165) is 0 Å². The van der Waals surface area contributed by atoms with Crippen molar-refractivity contribution in [2.45, 2.75) is 104 Å². The maximum atomic E-state index is 12.8. The molecule has 31 heavy (non-hydrogen) atoms. The summed E-state index contributed by atoms with van der Waals surface area (Å²) in [5.74, 6) is -1.25. The fourth-order valence-electron chi connectivity index (χ4n) is 2.93. The molecule has 0 heterocycles. The van der Waals surface area contributed by atoms with Crippen LogP contribution in [-0.4, -0.2) is 76.4 Å². The summed E-state index contributed by atoms with van der Waals surface area (Å²) < 4.78 is 38.2. The summed E-state index contributed by atoms with van der Waals surface area (Å²) in [7, 11) is 2.92. The van der Waals surface area contributed by atoms with E-state index in [1.54, 1.807) is 0 Å². The number of carbonyl (C=O) groups is 2. The van der Waals surface area contributed by atoms with Crippen molar-refractivity contribution in [3.8, 4) is 0 Å². The Balaban J connectivity index is 5.57. The first kappa shape index (κ1) is 29.7. The van der Waals surface area contributed by atoms with Gasteiger partial charge in [-0.2, -0.15) is 0 Å². The molecule has 0 aromatic carbocycles. The highest BCUT2D eigenvalue weighted by Gasteiger charge is 2.34.